The van der Waals surface area contributed by atoms with Crippen LogP contribution in [0.25, 0.3) is 33.4 Å². The Morgan fingerprint density at radius 2 is 0.591 bits per heavy atom. The van der Waals surface area contributed by atoms with E-state index >= 15 is 0 Å². The SMILES string of the molecule is Cc1cc(-c2cccc3c2Oc2ccccc2O3)c(C)cc1-c1cc(C)c(-c2cccc3c2Oc2ccccc2O3)cc1C. The fourth-order valence-corrected chi connectivity index (χ4v) is 6.31. The molecular weight excluding hydrogens is 544 g/mol. The van der Waals surface area contributed by atoms with Gasteiger partial charge in [-0.25, -0.2) is 0 Å². The Morgan fingerprint density at radius 3 is 0.955 bits per heavy atom. The van der Waals surface area contributed by atoms with Crippen molar-refractivity contribution < 1.29 is 18.9 Å². The third kappa shape index (κ3) is 4.22. The number of rotatable bonds is 3. The lowest BCUT2D eigenvalue weighted by Gasteiger charge is -2.24. The van der Waals surface area contributed by atoms with E-state index in [0.29, 0.717) is 0 Å². The molecule has 2 heterocycles. The van der Waals surface area contributed by atoms with Gasteiger partial charge in [0.05, 0.1) is 0 Å². The quantitative estimate of drug-likeness (QED) is 0.210. The summed E-state index contributed by atoms with van der Waals surface area (Å²) in [7, 11) is 0. The summed E-state index contributed by atoms with van der Waals surface area (Å²) in [6.07, 6.45) is 0. The van der Waals surface area contributed by atoms with Crippen molar-refractivity contribution in [2.45, 2.75) is 27.7 Å². The Bertz CT molecular complexity index is 1970. The molecule has 6 aromatic carbocycles. The molecule has 0 aliphatic carbocycles. The number of benzene rings is 6. The topological polar surface area (TPSA) is 36.9 Å². The lowest BCUT2D eigenvalue weighted by Crippen LogP contribution is -2.01. The normalized spacial score (nSPS) is 12.4. The maximum absolute atomic E-state index is 6.38. The standard InChI is InChI=1S/C40H30O4/c1-23-21-31(25(3)19-29(23)27-11-9-17-37-39(27)43-35-15-7-5-13-33(35)41-37)32-22-24(2)30(20-26(32)4)28-12-10-18-38-40(28)44-36-16-8-6-14-34(36)42-38/h5-22H,1-4H3. The van der Waals surface area contributed by atoms with E-state index in [1.165, 1.54) is 33.4 Å². The number of ether oxygens (including phenoxy) is 4. The number of fused-ring (bicyclic) bond motifs is 4. The summed E-state index contributed by atoms with van der Waals surface area (Å²) in [5, 5.41) is 0. The van der Waals surface area contributed by atoms with Crippen LogP contribution in [0.5, 0.6) is 46.0 Å². The molecule has 0 radical (unpaired) electrons. The van der Waals surface area contributed by atoms with Crippen molar-refractivity contribution in [3.8, 4) is 79.4 Å². The first kappa shape index (κ1) is 26.2. The lowest BCUT2D eigenvalue weighted by atomic mass is 9.87. The summed E-state index contributed by atoms with van der Waals surface area (Å²) in [5.41, 5.74) is 11.5. The molecule has 2 aliphatic heterocycles. The van der Waals surface area contributed by atoms with Gasteiger partial charge in [0.25, 0.3) is 0 Å². The van der Waals surface area contributed by atoms with Crippen LogP contribution < -0.4 is 18.9 Å². The highest BCUT2D eigenvalue weighted by Crippen LogP contribution is 2.52. The van der Waals surface area contributed by atoms with Crippen LogP contribution in [0.15, 0.2) is 109 Å². The third-order valence-electron chi connectivity index (χ3n) is 8.53. The van der Waals surface area contributed by atoms with Crippen LogP contribution >= 0.6 is 0 Å². The van der Waals surface area contributed by atoms with Crippen LogP contribution in [0, 0.1) is 27.7 Å². The summed E-state index contributed by atoms with van der Waals surface area (Å²) in [6, 6.07) is 36.8. The van der Waals surface area contributed by atoms with Gasteiger partial charge in [-0.15, -0.1) is 0 Å². The molecule has 0 N–H and O–H groups in total. The highest BCUT2D eigenvalue weighted by Gasteiger charge is 2.25. The Kier molecular flexibility index (Phi) is 5.98. The predicted molar refractivity (Wildman–Crippen MR) is 175 cm³/mol. The number of hydrogen-bond donors (Lipinski definition) is 0. The monoisotopic (exact) mass is 574 g/mol. The van der Waals surface area contributed by atoms with E-state index in [1.54, 1.807) is 0 Å². The third-order valence-corrected chi connectivity index (χ3v) is 8.53. The molecule has 8 rings (SSSR count). The van der Waals surface area contributed by atoms with Gasteiger partial charge in [0, 0.05) is 11.1 Å². The maximum atomic E-state index is 6.38. The summed E-state index contributed by atoms with van der Waals surface area (Å²) >= 11 is 0. The molecule has 4 heteroatoms. The molecule has 0 saturated heterocycles. The van der Waals surface area contributed by atoms with E-state index < -0.39 is 0 Å². The van der Waals surface area contributed by atoms with Crippen LogP contribution in [0.4, 0.5) is 0 Å². The van der Waals surface area contributed by atoms with E-state index in [0.717, 1.165) is 68.2 Å². The molecule has 0 saturated carbocycles. The van der Waals surface area contributed by atoms with E-state index in [2.05, 4.69) is 64.1 Å². The van der Waals surface area contributed by atoms with E-state index in [-0.39, 0.29) is 0 Å². The van der Waals surface area contributed by atoms with Crippen molar-refractivity contribution in [2.75, 3.05) is 0 Å². The second-order valence-corrected chi connectivity index (χ2v) is 11.5. The fraction of sp³-hybridized carbons (Fsp3) is 0.100. The van der Waals surface area contributed by atoms with E-state index in [4.69, 9.17) is 18.9 Å². The maximum Gasteiger partial charge on any atom is 0.177 e. The van der Waals surface area contributed by atoms with Gasteiger partial charge in [0.2, 0.25) is 0 Å². The molecule has 0 amide bonds. The molecule has 214 valence electrons. The zero-order valence-electron chi connectivity index (χ0n) is 25.0. The molecule has 6 aromatic rings. The van der Waals surface area contributed by atoms with Crippen molar-refractivity contribution in [1.82, 2.24) is 0 Å². The highest BCUT2D eigenvalue weighted by molar-refractivity contribution is 5.85. The van der Waals surface area contributed by atoms with Gasteiger partial charge in [0.15, 0.2) is 46.0 Å². The highest BCUT2D eigenvalue weighted by atomic mass is 16.6. The van der Waals surface area contributed by atoms with Gasteiger partial charge in [-0.05, 0) is 109 Å². The smallest absolute Gasteiger partial charge is 0.177 e. The van der Waals surface area contributed by atoms with Gasteiger partial charge in [-0.1, -0.05) is 72.8 Å². The first-order valence-corrected chi connectivity index (χ1v) is 14.8. The van der Waals surface area contributed by atoms with Crippen LogP contribution in [-0.2, 0) is 0 Å². The molecule has 2 aliphatic rings. The van der Waals surface area contributed by atoms with Gasteiger partial charge < -0.3 is 18.9 Å². The van der Waals surface area contributed by atoms with E-state index in [1.807, 2.05) is 72.8 Å². The largest absolute Gasteiger partial charge is 0.449 e. The average molecular weight is 575 g/mol. The fourth-order valence-electron chi connectivity index (χ4n) is 6.31. The molecule has 44 heavy (non-hydrogen) atoms. The molecule has 0 atom stereocenters. The minimum Gasteiger partial charge on any atom is -0.449 e. The summed E-state index contributed by atoms with van der Waals surface area (Å²) < 4.78 is 25.1. The molecule has 0 fully saturated rings. The number of hydrogen-bond acceptors (Lipinski definition) is 4. The second kappa shape index (κ2) is 10.1. The minimum atomic E-state index is 0.727. The Hall–Kier alpha value is -5.48. The van der Waals surface area contributed by atoms with Crippen LogP contribution in [-0.4, -0.2) is 0 Å². The van der Waals surface area contributed by atoms with Crippen molar-refractivity contribution in [2.24, 2.45) is 0 Å². The Morgan fingerprint density at radius 1 is 0.295 bits per heavy atom. The Balaban J connectivity index is 1.17. The minimum absolute atomic E-state index is 0.727. The van der Waals surface area contributed by atoms with Gasteiger partial charge >= 0.3 is 0 Å². The molecule has 0 aromatic heterocycles. The lowest BCUT2D eigenvalue weighted by molar-refractivity contribution is 0.361. The number of aryl methyl sites for hydroxylation is 4. The first-order valence-electron chi connectivity index (χ1n) is 14.8. The summed E-state index contributed by atoms with van der Waals surface area (Å²) in [6.45, 7) is 8.69. The van der Waals surface area contributed by atoms with Crippen LogP contribution in [0.2, 0.25) is 0 Å². The predicted octanol–water partition coefficient (Wildman–Crippen LogP) is 11.7. The van der Waals surface area contributed by atoms with Gasteiger partial charge in [-0.3, -0.25) is 0 Å². The Labute approximate surface area is 257 Å². The molecule has 0 spiro atoms. The van der Waals surface area contributed by atoms with Gasteiger partial charge in [0.1, 0.15) is 0 Å². The van der Waals surface area contributed by atoms with E-state index in [9.17, 15) is 0 Å². The van der Waals surface area contributed by atoms with Crippen molar-refractivity contribution in [1.29, 1.82) is 0 Å². The van der Waals surface area contributed by atoms with Crippen molar-refractivity contribution >= 4 is 0 Å². The van der Waals surface area contributed by atoms with Crippen LogP contribution in [0.1, 0.15) is 22.3 Å². The van der Waals surface area contributed by atoms with Crippen molar-refractivity contribution in [3.63, 3.8) is 0 Å². The van der Waals surface area contributed by atoms with Crippen LogP contribution in [0.3, 0.4) is 0 Å². The zero-order chi connectivity index (χ0) is 29.9. The molecule has 0 unspecified atom stereocenters. The summed E-state index contributed by atoms with van der Waals surface area (Å²) in [4.78, 5) is 0. The number of para-hydroxylation sites is 6. The molecule has 4 nitrogen and oxygen atoms in total. The molecular formula is C40H30O4. The molecule has 0 bridgehead atoms. The van der Waals surface area contributed by atoms with Crippen molar-refractivity contribution in [3.05, 3.63) is 131 Å². The second-order valence-electron chi connectivity index (χ2n) is 11.5. The summed E-state index contributed by atoms with van der Waals surface area (Å²) in [5.74, 6) is 5.87. The average Bonchev–Trinajstić information content (AvgIpc) is 3.04. The van der Waals surface area contributed by atoms with Gasteiger partial charge in [-0.2, -0.15) is 0 Å². The first-order chi connectivity index (χ1) is 21.4. The zero-order valence-corrected chi connectivity index (χ0v) is 25.0.